The van der Waals surface area contributed by atoms with Crippen LogP contribution in [0.3, 0.4) is 0 Å². The number of halogens is 1. The second-order valence-electron chi connectivity index (χ2n) is 4.48. The molecule has 0 saturated carbocycles. The topological polar surface area (TPSA) is 44.4 Å². The Hall–Kier alpha value is -1.10. The van der Waals surface area contributed by atoms with Gasteiger partial charge in [-0.3, -0.25) is 9.69 Å². The molecule has 2 N–H and O–H groups in total. The van der Waals surface area contributed by atoms with Crippen LogP contribution in [0.2, 0.25) is 0 Å². The second kappa shape index (κ2) is 7.36. The maximum Gasteiger partial charge on any atom is 0.238 e. The van der Waals surface area contributed by atoms with Gasteiger partial charge in [-0.25, -0.2) is 0 Å². The smallest absolute Gasteiger partial charge is 0.238 e. The van der Waals surface area contributed by atoms with E-state index in [9.17, 15) is 4.79 Å². The Morgan fingerprint density at radius 2 is 2.17 bits per heavy atom. The van der Waals surface area contributed by atoms with E-state index in [4.69, 9.17) is 0 Å². The van der Waals surface area contributed by atoms with Gasteiger partial charge in [0.2, 0.25) is 5.91 Å². The molecule has 2 rings (SSSR count). The minimum Gasteiger partial charge on any atom is -0.325 e. The fourth-order valence-electron chi connectivity index (χ4n) is 2.09. The van der Waals surface area contributed by atoms with Gasteiger partial charge in [-0.1, -0.05) is 18.2 Å². The molecule has 1 aliphatic heterocycles. The third-order valence-corrected chi connectivity index (χ3v) is 3.11. The van der Waals surface area contributed by atoms with Gasteiger partial charge in [0.1, 0.15) is 0 Å². The molecule has 100 valence electrons. The first kappa shape index (κ1) is 15.0. The van der Waals surface area contributed by atoms with Gasteiger partial charge in [-0.15, -0.1) is 12.4 Å². The van der Waals surface area contributed by atoms with Gasteiger partial charge in [0.15, 0.2) is 0 Å². The van der Waals surface area contributed by atoms with E-state index in [0.29, 0.717) is 12.6 Å². The maximum absolute atomic E-state index is 11.8. The first-order chi connectivity index (χ1) is 8.25. The van der Waals surface area contributed by atoms with E-state index in [1.165, 1.54) is 0 Å². The van der Waals surface area contributed by atoms with Crippen LogP contribution >= 0.6 is 12.4 Å². The standard InChI is InChI=1S/C13H19N3O.ClH/c1-16(12-7-8-14-9-12)10-13(17)15-11-5-3-2-4-6-11;/h2-6,12,14H,7-10H2,1H3,(H,15,17);1H. The molecule has 18 heavy (non-hydrogen) atoms. The summed E-state index contributed by atoms with van der Waals surface area (Å²) in [5.74, 6) is 0.0469. The van der Waals surface area contributed by atoms with Crippen LogP contribution in [0.5, 0.6) is 0 Å². The van der Waals surface area contributed by atoms with Gasteiger partial charge >= 0.3 is 0 Å². The van der Waals surface area contributed by atoms with Gasteiger partial charge < -0.3 is 10.6 Å². The predicted octanol–water partition coefficient (Wildman–Crippen LogP) is 1.34. The molecule has 1 atom stereocenters. The summed E-state index contributed by atoms with van der Waals surface area (Å²) in [5, 5.41) is 6.20. The summed E-state index contributed by atoms with van der Waals surface area (Å²) in [5.41, 5.74) is 0.857. The van der Waals surface area contributed by atoms with E-state index >= 15 is 0 Å². The van der Waals surface area contributed by atoms with Crippen molar-refractivity contribution in [3.05, 3.63) is 30.3 Å². The molecule has 4 nitrogen and oxygen atoms in total. The van der Waals surface area contributed by atoms with Crippen molar-refractivity contribution in [1.82, 2.24) is 10.2 Å². The number of hydrogen-bond donors (Lipinski definition) is 2. The van der Waals surface area contributed by atoms with Gasteiger partial charge in [-0.2, -0.15) is 0 Å². The van der Waals surface area contributed by atoms with Crippen LogP contribution in [0.15, 0.2) is 30.3 Å². The molecular formula is C13H20ClN3O. The van der Waals surface area contributed by atoms with Crippen molar-refractivity contribution in [1.29, 1.82) is 0 Å². The minimum absolute atomic E-state index is 0. The third-order valence-electron chi connectivity index (χ3n) is 3.11. The quantitative estimate of drug-likeness (QED) is 0.867. The lowest BCUT2D eigenvalue weighted by Gasteiger charge is -2.22. The number of hydrogen-bond acceptors (Lipinski definition) is 3. The highest BCUT2D eigenvalue weighted by Crippen LogP contribution is 2.08. The minimum atomic E-state index is 0. The third kappa shape index (κ3) is 4.29. The van der Waals surface area contributed by atoms with Gasteiger partial charge in [0.25, 0.3) is 0 Å². The molecule has 1 amide bonds. The summed E-state index contributed by atoms with van der Waals surface area (Å²) in [4.78, 5) is 13.9. The van der Waals surface area contributed by atoms with Gasteiger partial charge in [0, 0.05) is 18.3 Å². The summed E-state index contributed by atoms with van der Waals surface area (Å²) in [6.45, 7) is 2.48. The lowest BCUT2D eigenvalue weighted by molar-refractivity contribution is -0.117. The normalized spacial score (nSPS) is 18.4. The monoisotopic (exact) mass is 269 g/mol. The van der Waals surface area contributed by atoms with Crippen LogP contribution in [0, 0.1) is 0 Å². The number of benzene rings is 1. The number of carbonyl (C=O) groups is 1. The largest absolute Gasteiger partial charge is 0.325 e. The Balaban J connectivity index is 0.00000162. The van der Waals surface area contributed by atoms with Crippen LogP contribution in [-0.4, -0.2) is 43.5 Å². The number of anilines is 1. The number of para-hydroxylation sites is 1. The highest BCUT2D eigenvalue weighted by atomic mass is 35.5. The van der Waals surface area contributed by atoms with Crippen molar-refractivity contribution in [2.75, 3.05) is 32.0 Å². The summed E-state index contributed by atoms with van der Waals surface area (Å²) in [6, 6.07) is 10.0. The number of rotatable bonds is 4. The van der Waals surface area contributed by atoms with E-state index in [1.54, 1.807) is 0 Å². The van der Waals surface area contributed by atoms with Gasteiger partial charge in [-0.05, 0) is 32.1 Å². The zero-order valence-electron chi connectivity index (χ0n) is 10.6. The van der Waals surface area contributed by atoms with Crippen molar-refractivity contribution in [2.45, 2.75) is 12.5 Å². The molecule has 1 unspecified atom stereocenters. The van der Waals surface area contributed by atoms with Crippen molar-refractivity contribution in [3.8, 4) is 0 Å². The number of amides is 1. The summed E-state index contributed by atoms with van der Waals surface area (Å²) >= 11 is 0. The molecule has 1 saturated heterocycles. The molecule has 1 heterocycles. The van der Waals surface area contributed by atoms with Crippen LogP contribution < -0.4 is 10.6 Å². The van der Waals surface area contributed by atoms with Crippen molar-refractivity contribution < 1.29 is 4.79 Å². The number of likely N-dealkylation sites (N-methyl/N-ethyl adjacent to an activating group) is 1. The number of nitrogens with zero attached hydrogens (tertiary/aromatic N) is 1. The Bertz CT molecular complexity index is 366. The Labute approximate surface area is 114 Å². The Kier molecular flexibility index (Phi) is 6.12. The Morgan fingerprint density at radius 3 is 2.78 bits per heavy atom. The predicted molar refractivity (Wildman–Crippen MR) is 76.2 cm³/mol. The van der Waals surface area contributed by atoms with Crippen molar-refractivity contribution in [3.63, 3.8) is 0 Å². The zero-order chi connectivity index (χ0) is 12.1. The SMILES string of the molecule is CN(CC(=O)Nc1ccccc1)C1CCNC1.Cl. The molecule has 1 aromatic rings. The average Bonchev–Trinajstić information content (AvgIpc) is 2.83. The molecule has 0 spiro atoms. The fourth-order valence-corrected chi connectivity index (χ4v) is 2.09. The van der Waals surface area contributed by atoms with Crippen molar-refractivity contribution in [2.24, 2.45) is 0 Å². The summed E-state index contributed by atoms with van der Waals surface area (Å²) < 4.78 is 0. The van der Waals surface area contributed by atoms with E-state index in [-0.39, 0.29) is 18.3 Å². The molecular weight excluding hydrogens is 250 g/mol. The van der Waals surface area contributed by atoms with Crippen LogP contribution in [0.25, 0.3) is 0 Å². The molecule has 0 radical (unpaired) electrons. The zero-order valence-corrected chi connectivity index (χ0v) is 11.4. The lowest BCUT2D eigenvalue weighted by atomic mass is 10.2. The van der Waals surface area contributed by atoms with E-state index in [1.807, 2.05) is 37.4 Å². The van der Waals surface area contributed by atoms with E-state index < -0.39 is 0 Å². The molecule has 0 aromatic heterocycles. The lowest BCUT2D eigenvalue weighted by Crippen LogP contribution is -2.39. The molecule has 0 bridgehead atoms. The highest BCUT2D eigenvalue weighted by Gasteiger charge is 2.20. The van der Waals surface area contributed by atoms with Crippen LogP contribution in [0.4, 0.5) is 5.69 Å². The fraction of sp³-hybridized carbons (Fsp3) is 0.462. The summed E-state index contributed by atoms with van der Waals surface area (Å²) in [6.07, 6.45) is 1.12. The molecule has 1 aliphatic rings. The first-order valence-corrected chi connectivity index (χ1v) is 6.01. The number of carbonyl (C=O) groups excluding carboxylic acids is 1. The average molecular weight is 270 g/mol. The van der Waals surface area contributed by atoms with E-state index in [0.717, 1.165) is 25.2 Å². The molecule has 1 aromatic carbocycles. The maximum atomic E-state index is 11.8. The summed E-state index contributed by atoms with van der Waals surface area (Å²) in [7, 11) is 2.00. The molecule has 0 aliphatic carbocycles. The Morgan fingerprint density at radius 1 is 1.44 bits per heavy atom. The van der Waals surface area contributed by atoms with E-state index in [2.05, 4.69) is 15.5 Å². The van der Waals surface area contributed by atoms with Crippen LogP contribution in [-0.2, 0) is 4.79 Å². The molecule has 1 fully saturated rings. The van der Waals surface area contributed by atoms with Crippen LogP contribution in [0.1, 0.15) is 6.42 Å². The van der Waals surface area contributed by atoms with Crippen molar-refractivity contribution >= 4 is 24.0 Å². The molecule has 5 heteroatoms. The van der Waals surface area contributed by atoms with Gasteiger partial charge in [0.05, 0.1) is 6.54 Å². The number of nitrogens with one attached hydrogen (secondary N) is 2. The second-order valence-corrected chi connectivity index (χ2v) is 4.48. The highest BCUT2D eigenvalue weighted by molar-refractivity contribution is 5.92. The first-order valence-electron chi connectivity index (χ1n) is 6.01.